The second-order valence-electron chi connectivity index (χ2n) is 6.89. The first-order chi connectivity index (χ1) is 14.1. The predicted molar refractivity (Wildman–Crippen MR) is 107 cm³/mol. The molecule has 29 heavy (non-hydrogen) atoms. The first-order valence-corrected chi connectivity index (χ1v) is 9.45. The molecule has 1 fully saturated rings. The average molecular weight is 391 g/mol. The Hall–Kier alpha value is -3.68. The van der Waals surface area contributed by atoms with Crippen LogP contribution in [-0.4, -0.2) is 63.7 Å². The molecule has 0 aliphatic carbocycles. The van der Waals surface area contributed by atoms with E-state index in [0.29, 0.717) is 31.9 Å². The summed E-state index contributed by atoms with van der Waals surface area (Å²) in [6.45, 7) is 1.70. The minimum absolute atomic E-state index is 0.101. The van der Waals surface area contributed by atoms with Gasteiger partial charge in [-0.05, 0) is 29.8 Å². The number of rotatable bonds is 3. The maximum atomic E-state index is 12.7. The second kappa shape index (κ2) is 8.14. The zero-order valence-corrected chi connectivity index (χ0v) is 15.8. The van der Waals surface area contributed by atoms with Crippen molar-refractivity contribution >= 4 is 28.6 Å². The van der Waals surface area contributed by atoms with Gasteiger partial charge in [0, 0.05) is 56.0 Å². The number of aromatic amines is 1. The van der Waals surface area contributed by atoms with Gasteiger partial charge in [0.15, 0.2) is 0 Å². The Labute approximate surface area is 167 Å². The van der Waals surface area contributed by atoms with Gasteiger partial charge in [0.05, 0.1) is 0 Å². The lowest BCUT2D eigenvalue weighted by molar-refractivity contribution is -0.146. The molecule has 0 radical (unpaired) electrons. The molecule has 1 aliphatic heterocycles. The highest BCUT2D eigenvalue weighted by molar-refractivity contribution is 6.35. The number of hydrogen-bond donors (Lipinski definition) is 2. The van der Waals surface area contributed by atoms with E-state index >= 15 is 0 Å². The number of nitrogens with one attached hydrogen (secondary N) is 2. The number of hydrogen-bond acceptors (Lipinski definition) is 4. The molecule has 4 rings (SSSR count). The van der Waals surface area contributed by atoms with Crippen LogP contribution < -0.4 is 5.32 Å². The molecular formula is C21H21N5O3. The predicted octanol–water partition coefficient (Wildman–Crippen LogP) is 1.16. The number of benzene rings is 1. The lowest BCUT2D eigenvalue weighted by Gasteiger charge is -2.34. The summed E-state index contributed by atoms with van der Waals surface area (Å²) in [5.74, 6) is -1.32. The maximum Gasteiger partial charge on any atom is 0.312 e. The summed E-state index contributed by atoms with van der Waals surface area (Å²) in [4.78, 5) is 47.5. The van der Waals surface area contributed by atoms with Crippen molar-refractivity contribution in [2.75, 3.05) is 26.2 Å². The molecule has 1 aromatic carbocycles. The number of nitrogens with zero attached hydrogens (tertiary/aromatic N) is 3. The van der Waals surface area contributed by atoms with Crippen LogP contribution in [0.3, 0.4) is 0 Å². The lowest BCUT2D eigenvalue weighted by atomic mass is 10.2. The third kappa shape index (κ3) is 4.11. The molecule has 148 valence electrons. The molecule has 0 unspecified atom stereocenters. The Morgan fingerprint density at radius 2 is 1.66 bits per heavy atom. The van der Waals surface area contributed by atoms with Crippen LogP contribution in [-0.2, 0) is 16.1 Å². The number of H-pyrrole nitrogens is 1. The minimum Gasteiger partial charge on any atom is -0.351 e. The van der Waals surface area contributed by atoms with Crippen LogP contribution in [0.2, 0.25) is 0 Å². The number of carbonyl (C=O) groups excluding carboxylic acids is 3. The monoisotopic (exact) mass is 391 g/mol. The van der Waals surface area contributed by atoms with Crippen LogP contribution in [0.15, 0.2) is 54.9 Å². The van der Waals surface area contributed by atoms with Crippen molar-refractivity contribution in [3.63, 3.8) is 0 Å². The van der Waals surface area contributed by atoms with Gasteiger partial charge in [0.1, 0.15) is 5.69 Å². The van der Waals surface area contributed by atoms with Crippen molar-refractivity contribution in [2.24, 2.45) is 0 Å². The average Bonchev–Trinajstić information content (AvgIpc) is 3.21. The van der Waals surface area contributed by atoms with Crippen molar-refractivity contribution in [3.05, 3.63) is 66.1 Å². The highest BCUT2D eigenvalue weighted by Gasteiger charge is 2.28. The summed E-state index contributed by atoms with van der Waals surface area (Å²) in [5, 5.41) is 3.61. The lowest BCUT2D eigenvalue weighted by Crippen LogP contribution is -2.53. The third-order valence-electron chi connectivity index (χ3n) is 5.01. The van der Waals surface area contributed by atoms with E-state index < -0.39 is 11.8 Å². The first kappa shape index (κ1) is 18.7. The van der Waals surface area contributed by atoms with Crippen LogP contribution in [0, 0.1) is 0 Å². The Bertz CT molecular complexity index is 1010. The van der Waals surface area contributed by atoms with Gasteiger partial charge in [0.2, 0.25) is 0 Å². The number of pyridine rings is 1. The van der Waals surface area contributed by atoms with E-state index in [9.17, 15) is 14.4 Å². The zero-order chi connectivity index (χ0) is 20.2. The summed E-state index contributed by atoms with van der Waals surface area (Å²) < 4.78 is 0. The molecule has 3 amide bonds. The van der Waals surface area contributed by atoms with Crippen molar-refractivity contribution < 1.29 is 14.4 Å². The van der Waals surface area contributed by atoms with E-state index in [0.717, 1.165) is 16.5 Å². The smallest absolute Gasteiger partial charge is 0.312 e. The molecule has 0 atom stereocenters. The molecule has 8 heteroatoms. The molecule has 2 N–H and O–H groups in total. The molecule has 1 saturated heterocycles. The number of aromatic nitrogens is 2. The van der Waals surface area contributed by atoms with E-state index in [2.05, 4.69) is 15.3 Å². The standard InChI is InChI=1S/C21H21N5O3/c27-19(23-14-15-5-7-22-8-6-15)21(29)26-11-9-25(10-12-26)20(28)18-13-16-3-1-2-4-17(16)24-18/h1-8,13,24H,9-12,14H2,(H,23,27). The highest BCUT2D eigenvalue weighted by Crippen LogP contribution is 2.17. The fourth-order valence-corrected chi connectivity index (χ4v) is 3.37. The van der Waals surface area contributed by atoms with E-state index in [1.54, 1.807) is 29.4 Å². The van der Waals surface area contributed by atoms with Gasteiger partial charge in [-0.2, -0.15) is 0 Å². The number of para-hydroxylation sites is 1. The van der Waals surface area contributed by atoms with Crippen molar-refractivity contribution in [2.45, 2.75) is 6.54 Å². The Morgan fingerprint density at radius 3 is 2.38 bits per heavy atom. The molecular weight excluding hydrogens is 370 g/mol. The summed E-state index contributed by atoms with van der Waals surface area (Å²) in [6, 6.07) is 13.1. The zero-order valence-electron chi connectivity index (χ0n) is 15.8. The number of fused-ring (bicyclic) bond motifs is 1. The van der Waals surface area contributed by atoms with E-state index in [4.69, 9.17) is 0 Å². The van der Waals surface area contributed by atoms with Crippen LogP contribution in [0.25, 0.3) is 10.9 Å². The van der Waals surface area contributed by atoms with Gasteiger partial charge in [-0.1, -0.05) is 18.2 Å². The van der Waals surface area contributed by atoms with E-state index in [1.807, 2.05) is 30.3 Å². The van der Waals surface area contributed by atoms with Gasteiger partial charge in [0.25, 0.3) is 5.91 Å². The minimum atomic E-state index is -0.641. The molecule has 0 spiro atoms. The quantitative estimate of drug-likeness (QED) is 0.655. The van der Waals surface area contributed by atoms with Crippen molar-refractivity contribution in [1.82, 2.24) is 25.1 Å². The number of piperazine rings is 1. The summed E-state index contributed by atoms with van der Waals surface area (Å²) >= 11 is 0. The molecule has 1 aliphatic rings. The molecule has 3 heterocycles. The van der Waals surface area contributed by atoms with Crippen LogP contribution in [0.1, 0.15) is 16.1 Å². The SMILES string of the molecule is O=C(NCc1ccncc1)C(=O)N1CCN(C(=O)c2cc3ccccc3[nH]2)CC1. The molecule has 3 aromatic rings. The van der Waals surface area contributed by atoms with Gasteiger partial charge in [-0.3, -0.25) is 19.4 Å². The maximum absolute atomic E-state index is 12.7. The van der Waals surface area contributed by atoms with Crippen LogP contribution in [0.5, 0.6) is 0 Å². The summed E-state index contributed by atoms with van der Waals surface area (Å²) in [7, 11) is 0. The van der Waals surface area contributed by atoms with Gasteiger partial charge in [-0.15, -0.1) is 0 Å². The first-order valence-electron chi connectivity index (χ1n) is 9.45. The van der Waals surface area contributed by atoms with Crippen molar-refractivity contribution in [1.29, 1.82) is 0 Å². The molecule has 2 aromatic heterocycles. The summed E-state index contributed by atoms with van der Waals surface area (Å²) in [5.41, 5.74) is 2.31. The largest absolute Gasteiger partial charge is 0.351 e. The van der Waals surface area contributed by atoms with Crippen molar-refractivity contribution in [3.8, 4) is 0 Å². The molecule has 0 bridgehead atoms. The topological polar surface area (TPSA) is 98.4 Å². The van der Waals surface area contributed by atoms with E-state index in [-0.39, 0.29) is 12.5 Å². The van der Waals surface area contributed by atoms with Crippen LogP contribution in [0.4, 0.5) is 0 Å². The fourth-order valence-electron chi connectivity index (χ4n) is 3.37. The Kier molecular flexibility index (Phi) is 5.24. The fraction of sp³-hybridized carbons (Fsp3) is 0.238. The summed E-state index contributed by atoms with van der Waals surface area (Å²) in [6.07, 6.45) is 3.26. The van der Waals surface area contributed by atoms with Gasteiger partial charge >= 0.3 is 11.8 Å². The third-order valence-corrected chi connectivity index (χ3v) is 5.01. The molecule has 0 saturated carbocycles. The van der Waals surface area contributed by atoms with Gasteiger partial charge < -0.3 is 20.1 Å². The molecule has 8 nitrogen and oxygen atoms in total. The van der Waals surface area contributed by atoms with Crippen LogP contribution >= 0.6 is 0 Å². The number of carbonyl (C=O) groups is 3. The highest BCUT2D eigenvalue weighted by atomic mass is 16.2. The normalized spacial score (nSPS) is 14.1. The van der Waals surface area contributed by atoms with Gasteiger partial charge in [-0.25, -0.2) is 0 Å². The second-order valence-corrected chi connectivity index (χ2v) is 6.89. The Balaban J connectivity index is 1.30. The Morgan fingerprint density at radius 1 is 0.966 bits per heavy atom. The van der Waals surface area contributed by atoms with E-state index in [1.165, 1.54) is 4.90 Å². The number of amides is 3.